The summed E-state index contributed by atoms with van der Waals surface area (Å²) in [7, 11) is 0. The highest BCUT2D eigenvalue weighted by Crippen LogP contribution is 2.35. The zero-order valence-electron chi connectivity index (χ0n) is 15.9. The lowest BCUT2D eigenvalue weighted by Crippen LogP contribution is -2.43. The lowest BCUT2D eigenvalue weighted by Gasteiger charge is -2.30. The predicted molar refractivity (Wildman–Crippen MR) is 109 cm³/mol. The van der Waals surface area contributed by atoms with E-state index in [0.717, 1.165) is 42.5 Å². The summed E-state index contributed by atoms with van der Waals surface area (Å²) in [6.45, 7) is -0.275. The molecule has 0 unspecified atom stereocenters. The van der Waals surface area contributed by atoms with Crippen LogP contribution in [0.2, 0.25) is 0 Å². The highest BCUT2D eigenvalue weighted by atomic mass is 35.5. The van der Waals surface area contributed by atoms with Crippen LogP contribution in [-0.4, -0.2) is 40.5 Å². The molecule has 0 saturated heterocycles. The topological polar surface area (TPSA) is 59.0 Å². The second kappa shape index (κ2) is 8.63. The fourth-order valence-corrected chi connectivity index (χ4v) is 4.36. The number of allylic oxidation sites excluding steroid dienone is 1. The molecule has 29 heavy (non-hydrogen) atoms. The molecule has 2 N–H and O–H groups in total. The summed E-state index contributed by atoms with van der Waals surface area (Å²) >= 11 is 6.36. The van der Waals surface area contributed by atoms with Gasteiger partial charge in [0.25, 0.3) is 12.3 Å². The first-order valence-corrected chi connectivity index (χ1v) is 10.2. The molecule has 0 bridgehead atoms. The Balaban J connectivity index is 1.46. The van der Waals surface area contributed by atoms with Crippen molar-refractivity contribution in [3.63, 3.8) is 0 Å². The smallest absolute Gasteiger partial charge is 0.251 e. The number of nitrogens with one attached hydrogen (secondary N) is 2. The monoisotopic (exact) mass is 420 g/mol. The Kier molecular flexibility index (Phi) is 5.96. The molecule has 2 aliphatic carbocycles. The minimum atomic E-state index is -2.34. The number of amides is 1. The number of benzene rings is 1. The Bertz CT molecular complexity index is 906. The molecular weight excluding hydrogens is 398 g/mol. The molecule has 0 spiro atoms. The summed E-state index contributed by atoms with van der Waals surface area (Å²) in [4.78, 5) is 17.2. The van der Waals surface area contributed by atoms with Crippen molar-refractivity contribution in [3.8, 4) is 5.69 Å². The summed E-state index contributed by atoms with van der Waals surface area (Å²) in [5.41, 5.74) is 3.27. The van der Waals surface area contributed by atoms with Gasteiger partial charge in [0, 0.05) is 40.8 Å². The number of alkyl halides is 2. The second-order valence-corrected chi connectivity index (χ2v) is 7.97. The van der Waals surface area contributed by atoms with Crippen molar-refractivity contribution in [2.75, 3.05) is 6.54 Å². The average molecular weight is 421 g/mol. The Morgan fingerprint density at radius 3 is 2.69 bits per heavy atom. The van der Waals surface area contributed by atoms with Crippen LogP contribution >= 0.6 is 11.6 Å². The molecule has 1 aromatic carbocycles. The molecule has 2 aliphatic rings. The number of fused-ring (bicyclic) bond motifs is 1. The van der Waals surface area contributed by atoms with Gasteiger partial charge in [-0.05, 0) is 55.4 Å². The third kappa shape index (κ3) is 4.51. The molecule has 0 radical (unpaired) electrons. The maximum atomic E-state index is 13.1. The average Bonchev–Trinajstić information content (AvgIpc) is 3.37. The fraction of sp³-hybridized carbons (Fsp3) is 0.429. The van der Waals surface area contributed by atoms with E-state index >= 15 is 0 Å². The van der Waals surface area contributed by atoms with Gasteiger partial charge in [-0.1, -0.05) is 17.7 Å². The Hall–Kier alpha value is -2.25. The van der Waals surface area contributed by atoms with E-state index in [1.807, 2.05) is 29.0 Å². The summed E-state index contributed by atoms with van der Waals surface area (Å²) in [6, 6.07) is 3.98. The zero-order valence-corrected chi connectivity index (χ0v) is 16.6. The van der Waals surface area contributed by atoms with Crippen molar-refractivity contribution in [1.29, 1.82) is 0 Å². The van der Waals surface area contributed by atoms with E-state index in [1.54, 1.807) is 12.5 Å². The maximum absolute atomic E-state index is 13.1. The van der Waals surface area contributed by atoms with E-state index in [1.165, 1.54) is 0 Å². The summed E-state index contributed by atoms with van der Waals surface area (Å²) in [6.07, 6.45) is 8.50. The lowest BCUT2D eigenvalue weighted by molar-refractivity contribution is 0.0921. The number of carbonyl (C=O) groups excluding carboxylic acids is 1. The summed E-state index contributed by atoms with van der Waals surface area (Å²) < 4.78 is 26.6. The largest absolute Gasteiger partial charge is 0.349 e. The number of aromatic nitrogens is 2. The van der Waals surface area contributed by atoms with Crippen molar-refractivity contribution < 1.29 is 13.6 Å². The van der Waals surface area contributed by atoms with Gasteiger partial charge in [-0.2, -0.15) is 0 Å². The summed E-state index contributed by atoms with van der Waals surface area (Å²) in [5.74, 6) is -0.119. The van der Waals surface area contributed by atoms with Gasteiger partial charge in [-0.3, -0.25) is 4.79 Å². The Morgan fingerprint density at radius 1 is 1.24 bits per heavy atom. The van der Waals surface area contributed by atoms with Crippen LogP contribution in [-0.2, 0) is 6.42 Å². The van der Waals surface area contributed by atoms with Gasteiger partial charge in [-0.15, -0.1) is 0 Å². The molecule has 8 heteroatoms. The molecule has 4 rings (SSSR count). The van der Waals surface area contributed by atoms with Gasteiger partial charge < -0.3 is 15.2 Å². The SMILES string of the molecule is O=C(NC1CCC(NCC(F)F)CC1)c1cc(-n2ccnc2)cc2c1CC=C2Cl. The van der Waals surface area contributed by atoms with E-state index in [2.05, 4.69) is 15.6 Å². The van der Waals surface area contributed by atoms with Gasteiger partial charge in [0.1, 0.15) is 0 Å². The minimum absolute atomic E-state index is 0.0458. The van der Waals surface area contributed by atoms with E-state index < -0.39 is 6.43 Å². The van der Waals surface area contributed by atoms with Gasteiger partial charge in [0.15, 0.2) is 0 Å². The standard InChI is InChI=1S/C21H23ClF2N4O/c22-19-6-5-16-17(19)9-15(28-8-7-25-12-28)10-18(16)21(29)27-14-3-1-13(2-4-14)26-11-20(23)24/h6-10,12-14,20,26H,1-5,11H2,(H,27,29). The lowest BCUT2D eigenvalue weighted by atomic mass is 9.90. The Morgan fingerprint density at radius 2 is 2.00 bits per heavy atom. The molecule has 2 aromatic rings. The number of imidazole rings is 1. The highest BCUT2D eigenvalue weighted by Gasteiger charge is 2.26. The first-order valence-electron chi connectivity index (χ1n) is 9.85. The van der Waals surface area contributed by atoms with E-state index in [0.29, 0.717) is 17.0 Å². The van der Waals surface area contributed by atoms with Gasteiger partial charge in [-0.25, -0.2) is 13.8 Å². The van der Waals surface area contributed by atoms with E-state index in [9.17, 15) is 13.6 Å². The second-order valence-electron chi connectivity index (χ2n) is 7.57. The Labute approximate surface area is 173 Å². The fourth-order valence-electron chi connectivity index (χ4n) is 4.12. The molecule has 1 saturated carbocycles. The molecule has 1 aromatic heterocycles. The van der Waals surface area contributed by atoms with Crippen molar-refractivity contribution in [2.45, 2.75) is 50.6 Å². The molecule has 0 atom stereocenters. The third-order valence-electron chi connectivity index (χ3n) is 5.65. The van der Waals surface area contributed by atoms with Crippen LogP contribution in [0.25, 0.3) is 10.7 Å². The molecule has 1 heterocycles. The van der Waals surface area contributed by atoms with E-state index in [-0.39, 0.29) is 24.5 Å². The van der Waals surface area contributed by atoms with Crippen molar-refractivity contribution in [1.82, 2.24) is 20.2 Å². The van der Waals surface area contributed by atoms with Gasteiger partial charge in [0.05, 0.1) is 12.9 Å². The van der Waals surface area contributed by atoms with Crippen LogP contribution in [0.4, 0.5) is 8.78 Å². The van der Waals surface area contributed by atoms with Crippen molar-refractivity contribution in [3.05, 3.63) is 53.6 Å². The number of rotatable bonds is 6. The van der Waals surface area contributed by atoms with Crippen LogP contribution in [0.3, 0.4) is 0 Å². The number of carbonyl (C=O) groups is 1. The molecule has 0 aliphatic heterocycles. The first-order chi connectivity index (χ1) is 14.0. The number of nitrogens with zero attached hydrogens (tertiary/aromatic N) is 2. The van der Waals surface area contributed by atoms with Gasteiger partial charge >= 0.3 is 0 Å². The number of hydrogen-bond donors (Lipinski definition) is 2. The third-order valence-corrected chi connectivity index (χ3v) is 6.01. The normalized spacial score (nSPS) is 21.2. The van der Waals surface area contributed by atoms with Crippen LogP contribution in [0.5, 0.6) is 0 Å². The van der Waals surface area contributed by atoms with Gasteiger partial charge in [0.2, 0.25) is 0 Å². The minimum Gasteiger partial charge on any atom is -0.349 e. The molecule has 1 amide bonds. The molecule has 1 fully saturated rings. The van der Waals surface area contributed by atoms with Crippen molar-refractivity contribution in [2.24, 2.45) is 0 Å². The predicted octanol–water partition coefficient (Wildman–Crippen LogP) is 3.90. The number of hydrogen-bond acceptors (Lipinski definition) is 3. The summed E-state index contributed by atoms with van der Waals surface area (Å²) in [5, 5.41) is 6.68. The van der Waals surface area contributed by atoms with Crippen LogP contribution in [0.15, 0.2) is 36.9 Å². The number of halogens is 3. The maximum Gasteiger partial charge on any atom is 0.251 e. The molecule has 154 valence electrons. The van der Waals surface area contributed by atoms with E-state index in [4.69, 9.17) is 11.6 Å². The molecular formula is C21H23ClF2N4O. The van der Waals surface area contributed by atoms with Crippen LogP contribution < -0.4 is 10.6 Å². The quantitative estimate of drug-likeness (QED) is 0.745. The first kappa shape index (κ1) is 20.0. The van der Waals surface area contributed by atoms with Crippen LogP contribution in [0.1, 0.15) is 47.2 Å². The highest BCUT2D eigenvalue weighted by molar-refractivity contribution is 6.49. The van der Waals surface area contributed by atoms with Crippen molar-refractivity contribution >= 4 is 22.5 Å². The van der Waals surface area contributed by atoms with Crippen LogP contribution in [0, 0.1) is 0 Å². The molecule has 5 nitrogen and oxygen atoms in total. The zero-order chi connectivity index (χ0) is 20.4.